The molecular formula is C10H20ClNO3S. The molecule has 1 N–H and O–H groups in total. The van der Waals surface area contributed by atoms with Gasteiger partial charge in [-0.3, -0.25) is 0 Å². The molecule has 4 nitrogen and oxygen atoms in total. The van der Waals surface area contributed by atoms with Crippen molar-refractivity contribution in [3.8, 4) is 0 Å². The standard InChI is InChI=1S/C10H20ClNO3S/c1-8(2)12(3)7-9(13)6-10(4-5-10)16(11,14)15/h8-9,13H,4-7H2,1-3H3. The van der Waals surface area contributed by atoms with Gasteiger partial charge in [-0.05, 0) is 40.2 Å². The summed E-state index contributed by atoms with van der Waals surface area (Å²) in [5, 5.41) is 9.84. The molecule has 0 amide bonds. The number of likely N-dealkylation sites (N-methyl/N-ethyl adjacent to an activating group) is 1. The fourth-order valence-electron chi connectivity index (χ4n) is 1.72. The third-order valence-electron chi connectivity index (χ3n) is 3.31. The maximum absolute atomic E-state index is 11.3. The van der Waals surface area contributed by atoms with Crippen molar-refractivity contribution in [2.24, 2.45) is 0 Å². The second kappa shape index (κ2) is 4.80. The van der Waals surface area contributed by atoms with E-state index in [0.717, 1.165) is 0 Å². The van der Waals surface area contributed by atoms with Gasteiger partial charge < -0.3 is 10.0 Å². The maximum atomic E-state index is 11.3. The zero-order valence-electron chi connectivity index (χ0n) is 9.98. The Kier molecular flexibility index (Phi) is 4.27. The fraction of sp³-hybridized carbons (Fsp3) is 1.00. The SMILES string of the molecule is CC(C)N(C)CC(O)CC1(S(=O)(=O)Cl)CC1. The van der Waals surface area contributed by atoms with Crippen LogP contribution in [0.4, 0.5) is 0 Å². The molecule has 1 rings (SSSR count). The Morgan fingerprint density at radius 3 is 2.25 bits per heavy atom. The first kappa shape index (κ1) is 14.2. The van der Waals surface area contributed by atoms with Crippen molar-refractivity contribution < 1.29 is 13.5 Å². The van der Waals surface area contributed by atoms with Crippen LogP contribution < -0.4 is 0 Å². The molecule has 0 aromatic carbocycles. The summed E-state index contributed by atoms with van der Waals surface area (Å²) in [5.74, 6) is 0. The minimum Gasteiger partial charge on any atom is -0.392 e. The molecule has 1 aliphatic rings. The van der Waals surface area contributed by atoms with E-state index >= 15 is 0 Å². The first-order valence-corrected chi connectivity index (χ1v) is 7.81. The summed E-state index contributed by atoms with van der Waals surface area (Å²) in [5.41, 5.74) is 0. The van der Waals surface area contributed by atoms with Crippen molar-refractivity contribution in [1.82, 2.24) is 4.90 Å². The highest BCUT2D eigenvalue weighted by Gasteiger charge is 2.54. The highest BCUT2D eigenvalue weighted by molar-refractivity contribution is 8.15. The zero-order valence-corrected chi connectivity index (χ0v) is 11.6. The lowest BCUT2D eigenvalue weighted by Crippen LogP contribution is -2.37. The summed E-state index contributed by atoms with van der Waals surface area (Å²) in [6.45, 7) is 4.53. The Hall–Kier alpha value is 0.160. The number of aliphatic hydroxyl groups excluding tert-OH is 1. The molecular weight excluding hydrogens is 250 g/mol. The Morgan fingerprint density at radius 1 is 1.44 bits per heavy atom. The average molecular weight is 270 g/mol. The van der Waals surface area contributed by atoms with Crippen molar-refractivity contribution in [3.63, 3.8) is 0 Å². The van der Waals surface area contributed by atoms with E-state index in [4.69, 9.17) is 10.7 Å². The molecule has 1 fully saturated rings. The number of nitrogens with zero attached hydrogens (tertiary/aromatic N) is 1. The quantitative estimate of drug-likeness (QED) is 0.736. The summed E-state index contributed by atoms with van der Waals surface area (Å²) >= 11 is 0. The summed E-state index contributed by atoms with van der Waals surface area (Å²) < 4.78 is 21.8. The van der Waals surface area contributed by atoms with Gasteiger partial charge in [0.2, 0.25) is 9.05 Å². The van der Waals surface area contributed by atoms with Crippen LogP contribution in [0, 0.1) is 0 Å². The van der Waals surface area contributed by atoms with Crippen LogP contribution in [0.25, 0.3) is 0 Å². The molecule has 0 radical (unpaired) electrons. The van der Waals surface area contributed by atoms with Crippen molar-refractivity contribution in [2.45, 2.75) is 50.0 Å². The molecule has 0 aliphatic heterocycles. The Labute approximate surface area is 102 Å². The predicted molar refractivity (Wildman–Crippen MR) is 65.1 cm³/mol. The molecule has 16 heavy (non-hydrogen) atoms. The highest BCUT2D eigenvalue weighted by atomic mass is 35.7. The first-order valence-electron chi connectivity index (χ1n) is 5.50. The van der Waals surface area contributed by atoms with Gasteiger partial charge in [-0.1, -0.05) is 0 Å². The maximum Gasteiger partial charge on any atom is 0.238 e. The zero-order chi connectivity index (χ0) is 12.6. The lowest BCUT2D eigenvalue weighted by Gasteiger charge is -2.25. The van der Waals surface area contributed by atoms with Gasteiger partial charge in [-0.2, -0.15) is 0 Å². The van der Waals surface area contributed by atoms with Gasteiger partial charge in [-0.25, -0.2) is 8.42 Å². The Balaban J connectivity index is 2.50. The molecule has 0 heterocycles. The van der Waals surface area contributed by atoms with Crippen LogP contribution in [0.15, 0.2) is 0 Å². The number of hydrogen-bond donors (Lipinski definition) is 1. The van der Waals surface area contributed by atoms with E-state index in [9.17, 15) is 13.5 Å². The monoisotopic (exact) mass is 269 g/mol. The van der Waals surface area contributed by atoms with E-state index in [1.54, 1.807) is 0 Å². The van der Waals surface area contributed by atoms with Crippen LogP contribution in [-0.4, -0.2) is 48.9 Å². The van der Waals surface area contributed by atoms with Crippen LogP contribution in [-0.2, 0) is 9.05 Å². The third-order valence-corrected chi connectivity index (χ3v) is 5.90. The Morgan fingerprint density at radius 2 is 1.94 bits per heavy atom. The van der Waals surface area contributed by atoms with E-state index in [1.807, 2.05) is 25.8 Å². The smallest absolute Gasteiger partial charge is 0.238 e. The summed E-state index contributed by atoms with van der Waals surface area (Å²) in [7, 11) is 3.73. The fourth-order valence-corrected chi connectivity index (χ4v) is 3.36. The van der Waals surface area contributed by atoms with Crippen molar-refractivity contribution >= 4 is 19.7 Å². The first-order chi connectivity index (χ1) is 7.18. The Bertz CT molecular complexity index is 338. The van der Waals surface area contributed by atoms with Crippen LogP contribution in [0.3, 0.4) is 0 Å². The average Bonchev–Trinajstić information content (AvgIpc) is 2.83. The van der Waals surface area contributed by atoms with Crippen molar-refractivity contribution in [3.05, 3.63) is 0 Å². The van der Waals surface area contributed by atoms with Gasteiger partial charge in [0, 0.05) is 23.3 Å². The largest absolute Gasteiger partial charge is 0.392 e. The third kappa shape index (κ3) is 3.32. The number of aliphatic hydroxyl groups is 1. The van der Waals surface area contributed by atoms with Crippen LogP contribution in [0.2, 0.25) is 0 Å². The van der Waals surface area contributed by atoms with Gasteiger partial charge >= 0.3 is 0 Å². The van der Waals surface area contributed by atoms with Gasteiger partial charge in [0.15, 0.2) is 0 Å². The molecule has 0 aromatic heterocycles. The minimum atomic E-state index is -3.55. The van der Waals surface area contributed by atoms with Crippen LogP contribution >= 0.6 is 10.7 Å². The molecule has 0 spiro atoms. The van der Waals surface area contributed by atoms with E-state index < -0.39 is 19.9 Å². The number of rotatable bonds is 6. The molecule has 0 bridgehead atoms. The molecule has 6 heteroatoms. The van der Waals surface area contributed by atoms with E-state index in [2.05, 4.69) is 0 Å². The van der Waals surface area contributed by atoms with Crippen molar-refractivity contribution in [1.29, 1.82) is 0 Å². The summed E-state index contributed by atoms with van der Waals surface area (Å²) in [6, 6.07) is 0.331. The minimum absolute atomic E-state index is 0.246. The van der Waals surface area contributed by atoms with Crippen LogP contribution in [0.1, 0.15) is 33.1 Å². The lowest BCUT2D eigenvalue weighted by molar-refractivity contribution is 0.102. The van der Waals surface area contributed by atoms with E-state index in [0.29, 0.717) is 25.4 Å². The van der Waals surface area contributed by atoms with Gasteiger partial charge in [0.1, 0.15) is 0 Å². The molecule has 96 valence electrons. The summed E-state index contributed by atoms with van der Waals surface area (Å²) in [6.07, 6.45) is 0.752. The number of hydrogen-bond acceptors (Lipinski definition) is 4. The van der Waals surface area contributed by atoms with Gasteiger partial charge in [0.25, 0.3) is 0 Å². The van der Waals surface area contributed by atoms with E-state index in [-0.39, 0.29) is 6.42 Å². The number of halogens is 1. The summed E-state index contributed by atoms with van der Waals surface area (Å²) in [4.78, 5) is 1.99. The molecule has 1 unspecified atom stereocenters. The predicted octanol–water partition coefficient (Wildman–Crippen LogP) is 1.18. The van der Waals surface area contributed by atoms with Gasteiger partial charge in [-0.15, -0.1) is 0 Å². The van der Waals surface area contributed by atoms with Crippen molar-refractivity contribution in [2.75, 3.05) is 13.6 Å². The second-order valence-electron chi connectivity index (χ2n) is 5.01. The molecule has 1 atom stereocenters. The normalized spacial score (nSPS) is 21.4. The molecule has 0 saturated heterocycles. The lowest BCUT2D eigenvalue weighted by atomic mass is 10.1. The molecule has 0 aromatic rings. The topological polar surface area (TPSA) is 57.6 Å². The van der Waals surface area contributed by atoms with Crippen LogP contribution in [0.5, 0.6) is 0 Å². The van der Waals surface area contributed by atoms with E-state index in [1.165, 1.54) is 0 Å². The molecule has 1 aliphatic carbocycles. The highest BCUT2D eigenvalue weighted by Crippen LogP contribution is 2.49. The second-order valence-corrected chi connectivity index (χ2v) is 7.97. The van der Waals surface area contributed by atoms with Gasteiger partial charge in [0.05, 0.1) is 10.9 Å². The molecule has 1 saturated carbocycles.